The SMILES string of the molecule is CCCCCC(C)c1c2n(c3cc(C(=O)NS(=O)(=O)CCCC)ccc13)CC(=O)Nc1ccccc1-2. The molecule has 1 unspecified atom stereocenters. The van der Waals surface area contributed by atoms with Crippen molar-refractivity contribution in [1.82, 2.24) is 9.29 Å². The number of unbranched alkanes of at least 4 members (excludes halogenated alkanes) is 3. The minimum atomic E-state index is -3.71. The van der Waals surface area contributed by atoms with Gasteiger partial charge in [-0.3, -0.25) is 9.59 Å². The lowest BCUT2D eigenvalue weighted by Gasteiger charge is -2.16. The zero-order valence-electron chi connectivity index (χ0n) is 21.3. The van der Waals surface area contributed by atoms with Crippen molar-refractivity contribution in [3.8, 4) is 11.3 Å². The Morgan fingerprint density at radius 3 is 2.58 bits per heavy atom. The number of nitrogens with one attached hydrogen (secondary N) is 2. The lowest BCUT2D eigenvalue weighted by Crippen LogP contribution is -2.32. The van der Waals surface area contributed by atoms with E-state index in [0.29, 0.717) is 6.42 Å². The quantitative estimate of drug-likeness (QED) is 0.337. The van der Waals surface area contributed by atoms with Crippen LogP contribution in [0.4, 0.5) is 5.69 Å². The van der Waals surface area contributed by atoms with E-state index in [-0.39, 0.29) is 29.7 Å². The summed E-state index contributed by atoms with van der Waals surface area (Å²) in [6.07, 6.45) is 5.63. The Morgan fingerprint density at radius 1 is 1.08 bits per heavy atom. The first-order valence-corrected chi connectivity index (χ1v) is 14.5. The third-order valence-electron chi connectivity index (χ3n) is 6.87. The van der Waals surface area contributed by atoms with Gasteiger partial charge in [-0.1, -0.05) is 70.7 Å². The summed E-state index contributed by atoms with van der Waals surface area (Å²) >= 11 is 0. The van der Waals surface area contributed by atoms with Crippen molar-refractivity contribution in [2.24, 2.45) is 0 Å². The van der Waals surface area contributed by atoms with Gasteiger partial charge >= 0.3 is 0 Å². The molecule has 36 heavy (non-hydrogen) atoms. The minimum Gasteiger partial charge on any atom is -0.331 e. The maximum atomic E-state index is 12.9. The lowest BCUT2D eigenvalue weighted by atomic mass is 9.90. The summed E-state index contributed by atoms with van der Waals surface area (Å²) in [4.78, 5) is 25.8. The van der Waals surface area contributed by atoms with Crippen molar-refractivity contribution in [3.05, 3.63) is 53.6 Å². The average molecular weight is 510 g/mol. The van der Waals surface area contributed by atoms with Crippen molar-refractivity contribution in [2.75, 3.05) is 11.1 Å². The number of rotatable bonds is 10. The summed E-state index contributed by atoms with van der Waals surface area (Å²) in [6, 6.07) is 13.1. The standard InChI is InChI=1S/C28H35N3O4S/c1-4-6-8-11-19(3)26-22-15-14-20(28(33)30-36(34,35)16-7-5-2)17-24(22)31-18-25(32)29-23-13-10-9-12-21(23)27(26)31/h9-10,12-15,17,19H,4-8,11,16,18H2,1-3H3,(H,29,32)(H,30,33). The zero-order chi connectivity index (χ0) is 25.9. The van der Waals surface area contributed by atoms with Gasteiger partial charge in [0.1, 0.15) is 6.54 Å². The highest BCUT2D eigenvalue weighted by molar-refractivity contribution is 7.90. The van der Waals surface area contributed by atoms with Crippen LogP contribution in [0, 0.1) is 0 Å². The topological polar surface area (TPSA) is 97.3 Å². The molecule has 3 aromatic rings. The number of carbonyl (C=O) groups is 2. The maximum Gasteiger partial charge on any atom is 0.264 e. The van der Waals surface area contributed by atoms with Gasteiger partial charge in [0.2, 0.25) is 15.9 Å². The van der Waals surface area contributed by atoms with E-state index in [1.54, 1.807) is 12.1 Å². The van der Waals surface area contributed by atoms with Crippen LogP contribution in [0.1, 0.15) is 81.1 Å². The number of benzene rings is 2. The molecular weight excluding hydrogens is 474 g/mol. The molecule has 1 aliphatic rings. The Hall–Kier alpha value is -3.13. The molecule has 0 radical (unpaired) electrons. The van der Waals surface area contributed by atoms with E-state index in [1.807, 2.05) is 41.8 Å². The molecule has 0 saturated heterocycles. The highest BCUT2D eigenvalue weighted by Gasteiger charge is 2.28. The molecule has 0 aliphatic carbocycles. The molecule has 0 fully saturated rings. The number of sulfonamides is 1. The fraction of sp³-hybridized carbons (Fsp3) is 0.429. The van der Waals surface area contributed by atoms with Crippen molar-refractivity contribution < 1.29 is 18.0 Å². The predicted octanol–water partition coefficient (Wildman–Crippen LogP) is 5.80. The summed E-state index contributed by atoms with van der Waals surface area (Å²) in [5.41, 5.74) is 4.87. The molecule has 2 aromatic carbocycles. The molecular formula is C28H35N3O4S. The number of fused-ring (bicyclic) bond motifs is 5. The summed E-state index contributed by atoms with van der Waals surface area (Å²) in [5.74, 6) is -0.639. The molecule has 0 saturated carbocycles. The minimum absolute atomic E-state index is 0.0889. The van der Waals surface area contributed by atoms with Gasteiger partial charge in [0, 0.05) is 16.5 Å². The lowest BCUT2D eigenvalue weighted by molar-refractivity contribution is -0.116. The molecule has 2 N–H and O–H groups in total. The number of hydrogen-bond acceptors (Lipinski definition) is 4. The van der Waals surface area contributed by atoms with E-state index in [0.717, 1.165) is 65.5 Å². The number of amides is 2. The van der Waals surface area contributed by atoms with Crippen LogP contribution in [0.25, 0.3) is 22.2 Å². The smallest absolute Gasteiger partial charge is 0.264 e. The van der Waals surface area contributed by atoms with Crippen LogP contribution < -0.4 is 10.0 Å². The second kappa shape index (κ2) is 10.9. The van der Waals surface area contributed by atoms with Gasteiger partial charge < -0.3 is 9.88 Å². The van der Waals surface area contributed by atoms with Gasteiger partial charge in [0.05, 0.1) is 22.7 Å². The molecule has 1 aliphatic heterocycles. The van der Waals surface area contributed by atoms with Crippen LogP contribution in [0.2, 0.25) is 0 Å². The van der Waals surface area contributed by atoms with E-state index < -0.39 is 15.9 Å². The van der Waals surface area contributed by atoms with Crippen molar-refractivity contribution in [2.45, 2.75) is 71.8 Å². The Morgan fingerprint density at radius 2 is 1.83 bits per heavy atom. The predicted molar refractivity (Wildman–Crippen MR) is 145 cm³/mol. The van der Waals surface area contributed by atoms with Crippen LogP contribution >= 0.6 is 0 Å². The number of para-hydroxylation sites is 1. The van der Waals surface area contributed by atoms with Crippen LogP contribution in [0.15, 0.2) is 42.5 Å². The summed E-state index contributed by atoms with van der Waals surface area (Å²) < 4.78 is 28.8. The van der Waals surface area contributed by atoms with Gasteiger partial charge in [-0.05, 0) is 42.5 Å². The van der Waals surface area contributed by atoms with Gasteiger partial charge in [-0.25, -0.2) is 13.1 Å². The molecule has 7 nitrogen and oxygen atoms in total. The number of carbonyl (C=O) groups excluding carboxylic acids is 2. The number of aromatic nitrogens is 1. The van der Waals surface area contributed by atoms with Crippen LogP contribution in [-0.4, -0.2) is 30.6 Å². The molecule has 4 rings (SSSR count). The van der Waals surface area contributed by atoms with Gasteiger partial charge in [0.15, 0.2) is 0 Å². The van der Waals surface area contributed by atoms with Crippen molar-refractivity contribution in [1.29, 1.82) is 0 Å². The molecule has 2 heterocycles. The van der Waals surface area contributed by atoms with Gasteiger partial charge in [-0.15, -0.1) is 0 Å². The molecule has 1 aromatic heterocycles. The fourth-order valence-electron chi connectivity index (χ4n) is 5.03. The van der Waals surface area contributed by atoms with Crippen LogP contribution in [0.5, 0.6) is 0 Å². The Balaban J connectivity index is 1.85. The largest absolute Gasteiger partial charge is 0.331 e. The number of anilines is 1. The number of hydrogen-bond donors (Lipinski definition) is 2. The van der Waals surface area contributed by atoms with Gasteiger partial charge in [-0.2, -0.15) is 0 Å². The first-order chi connectivity index (χ1) is 17.3. The van der Waals surface area contributed by atoms with Crippen molar-refractivity contribution in [3.63, 3.8) is 0 Å². The monoisotopic (exact) mass is 509 g/mol. The molecule has 0 spiro atoms. The Bertz CT molecular complexity index is 1390. The zero-order valence-corrected chi connectivity index (χ0v) is 22.1. The molecule has 2 amide bonds. The van der Waals surface area contributed by atoms with E-state index in [4.69, 9.17) is 0 Å². The highest BCUT2D eigenvalue weighted by Crippen LogP contribution is 2.43. The molecule has 8 heteroatoms. The summed E-state index contributed by atoms with van der Waals surface area (Å²) in [5, 5.41) is 4.00. The maximum absolute atomic E-state index is 12.9. The van der Waals surface area contributed by atoms with E-state index in [9.17, 15) is 18.0 Å². The molecule has 0 bridgehead atoms. The molecule has 1 atom stereocenters. The Labute approximate surface area is 213 Å². The highest BCUT2D eigenvalue weighted by atomic mass is 32.2. The summed E-state index contributed by atoms with van der Waals surface area (Å²) in [7, 11) is -3.71. The van der Waals surface area contributed by atoms with E-state index in [2.05, 4.69) is 23.9 Å². The average Bonchev–Trinajstić information content (AvgIpc) is 3.07. The molecule has 192 valence electrons. The Kier molecular flexibility index (Phi) is 7.83. The second-order valence-corrected chi connectivity index (χ2v) is 11.5. The second-order valence-electron chi connectivity index (χ2n) is 9.67. The first kappa shape index (κ1) is 25.9. The third-order valence-corrected chi connectivity index (χ3v) is 8.19. The van der Waals surface area contributed by atoms with Crippen LogP contribution in [-0.2, 0) is 21.4 Å². The summed E-state index contributed by atoms with van der Waals surface area (Å²) in [6.45, 7) is 6.42. The third kappa shape index (κ3) is 5.33. The first-order valence-electron chi connectivity index (χ1n) is 12.9. The van der Waals surface area contributed by atoms with Gasteiger partial charge in [0.25, 0.3) is 5.91 Å². The van der Waals surface area contributed by atoms with E-state index >= 15 is 0 Å². The van der Waals surface area contributed by atoms with Crippen LogP contribution in [0.3, 0.4) is 0 Å². The van der Waals surface area contributed by atoms with Crippen molar-refractivity contribution >= 4 is 38.4 Å². The number of nitrogens with zero attached hydrogens (tertiary/aromatic N) is 1. The van der Waals surface area contributed by atoms with E-state index in [1.165, 1.54) is 0 Å². The normalized spacial score (nSPS) is 14.0. The fourth-order valence-corrected chi connectivity index (χ4v) is 6.20.